The molecule has 0 saturated carbocycles. The van der Waals surface area contributed by atoms with Crippen molar-refractivity contribution in [2.75, 3.05) is 18.5 Å². The van der Waals surface area contributed by atoms with E-state index in [2.05, 4.69) is 5.32 Å². The Bertz CT molecular complexity index is 720. The van der Waals surface area contributed by atoms with E-state index in [1.807, 2.05) is 0 Å². The molecule has 0 bridgehead atoms. The first-order valence-corrected chi connectivity index (χ1v) is 6.85. The number of carbonyl (C=O) groups excluding carboxylic acids is 1. The second kappa shape index (κ2) is 9.44. The van der Waals surface area contributed by atoms with Gasteiger partial charge in [0.25, 0.3) is 0 Å². The van der Waals surface area contributed by atoms with Crippen LogP contribution in [0.5, 0.6) is 11.5 Å². The van der Waals surface area contributed by atoms with E-state index >= 15 is 0 Å². The van der Waals surface area contributed by atoms with Crippen molar-refractivity contribution in [3.05, 3.63) is 53.6 Å². The van der Waals surface area contributed by atoms with Crippen molar-refractivity contribution in [2.24, 2.45) is 0 Å². The molecule has 2 N–H and O–H groups in total. The van der Waals surface area contributed by atoms with E-state index < -0.39 is 23.5 Å². The topological polar surface area (TPSA) is 81.6 Å². The number of hydrogen-bond donors (Lipinski definition) is 2. The van der Waals surface area contributed by atoms with Crippen LogP contribution in [0.15, 0.2) is 42.5 Å². The van der Waals surface area contributed by atoms with Crippen molar-refractivity contribution in [3.63, 3.8) is 0 Å². The van der Waals surface area contributed by atoms with Crippen LogP contribution in [-0.2, 0) is 6.18 Å². The van der Waals surface area contributed by atoms with Crippen LogP contribution >= 0.6 is 0 Å². The van der Waals surface area contributed by atoms with E-state index in [0.717, 1.165) is 12.1 Å². The summed E-state index contributed by atoms with van der Waals surface area (Å²) in [5, 5.41) is 23.0. The minimum atomic E-state index is -4.39. The van der Waals surface area contributed by atoms with Crippen LogP contribution in [0.3, 0.4) is 0 Å². The van der Waals surface area contributed by atoms with Gasteiger partial charge in [-0.1, -0.05) is 0 Å². The molecule has 0 fully saturated rings. The molecule has 0 unspecified atom stereocenters. The maximum absolute atomic E-state index is 12.4. The normalized spacial score (nSPS) is 10.7. The number of aromatic carboxylic acids is 1. The fourth-order valence-electron chi connectivity index (χ4n) is 1.91. The molecule has 25 heavy (non-hydrogen) atoms. The third-order valence-corrected chi connectivity index (χ3v) is 3.10. The van der Waals surface area contributed by atoms with Gasteiger partial charge in [-0.25, -0.2) is 0 Å². The second-order valence-electron chi connectivity index (χ2n) is 4.82. The standard InChI is InChI=1S/C16H14F3NO4.K/c17-16(18,19)10-1-4-12(5-2-10)24-8-7-20-11-3-6-14(21)13(9-11)15(22)23;/h1-6,9,20-21H,7-8H2,(H,22,23);/q;+1/p-1. The molecule has 9 heteroatoms. The van der Waals surface area contributed by atoms with E-state index in [0.29, 0.717) is 5.69 Å². The molecule has 0 saturated heterocycles. The summed E-state index contributed by atoms with van der Waals surface area (Å²) in [6.07, 6.45) is -4.39. The molecule has 2 aromatic carbocycles. The van der Waals surface area contributed by atoms with E-state index in [1.54, 1.807) is 0 Å². The summed E-state index contributed by atoms with van der Waals surface area (Å²) < 4.78 is 42.5. The summed E-state index contributed by atoms with van der Waals surface area (Å²) >= 11 is 0. The maximum atomic E-state index is 12.4. The van der Waals surface area contributed by atoms with Crippen LogP contribution in [0, 0.1) is 0 Å². The monoisotopic (exact) mass is 379 g/mol. The number of carbonyl (C=O) groups is 1. The van der Waals surface area contributed by atoms with Gasteiger partial charge in [-0.2, -0.15) is 13.2 Å². The van der Waals surface area contributed by atoms with Crippen molar-refractivity contribution in [1.29, 1.82) is 0 Å². The van der Waals surface area contributed by atoms with Gasteiger partial charge in [0, 0.05) is 17.8 Å². The number of ether oxygens (including phenoxy) is 1. The first kappa shape index (κ1) is 21.8. The summed E-state index contributed by atoms with van der Waals surface area (Å²) in [6, 6.07) is 8.19. The molecule has 128 valence electrons. The molecule has 0 amide bonds. The molecule has 0 atom stereocenters. The van der Waals surface area contributed by atoms with Gasteiger partial charge in [-0.05, 0) is 42.5 Å². The van der Waals surface area contributed by atoms with Gasteiger partial charge < -0.3 is 25.1 Å². The van der Waals surface area contributed by atoms with Crippen LogP contribution in [-0.4, -0.2) is 24.2 Å². The minimum Gasteiger partial charge on any atom is -0.545 e. The van der Waals surface area contributed by atoms with Crippen molar-refractivity contribution < 1.29 is 84.3 Å². The summed E-state index contributed by atoms with van der Waals surface area (Å²) in [6.45, 7) is 0.422. The Labute approximate surface area is 184 Å². The molecular formula is C16H13F3KNO4. The first-order valence-electron chi connectivity index (χ1n) is 6.85. The Hall–Kier alpha value is -1.26. The molecule has 0 heterocycles. The zero-order valence-electron chi connectivity index (χ0n) is 13.3. The fourth-order valence-corrected chi connectivity index (χ4v) is 1.91. The Balaban J connectivity index is 0.00000312. The molecule has 0 spiro atoms. The SMILES string of the molecule is O=C([O-])c1cc(NCCOc2ccc(C(F)(F)F)cc2)ccc1O.[K+]. The fraction of sp³-hybridized carbons (Fsp3) is 0.188. The van der Waals surface area contributed by atoms with E-state index in [4.69, 9.17) is 4.74 Å². The third kappa shape index (κ3) is 6.52. The van der Waals surface area contributed by atoms with E-state index in [1.165, 1.54) is 30.3 Å². The largest absolute Gasteiger partial charge is 1.00 e. The van der Waals surface area contributed by atoms with Gasteiger partial charge in [0.15, 0.2) is 0 Å². The predicted molar refractivity (Wildman–Crippen MR) is 77.9 cm³/mol. The van der Waals surface area contributed by atoms with Crippen LogP contribution in [0.2, 0.25) is 0 Å². The second-order valence-corrected chi connectivity index (χ2v) is 4.82. The van der Waals surface area contributed by atoms with Crippen molar-refractivity contribution in [3.8, 4) is 11.5 Å². The molecule has 0 radical (unpaired) electrons. The summed E-state index contributed by atoms with van der Waals surface area (Å²) in [4.78, 5) is 10.8. The summed E-state index contributed by atoms with van der Waals surface area (Å²) in [5.74, 6) is -1.62. The van der Waals surface area contributed by atoms with Gasteiger partial charge in [0.05, 0.1) is 11.5 Å². The van der Waals surface area contributed by atoms with Crippen molar-refractivity contribution in [1.82, 2.24) is 0 Å². The zero-order valence-corrected chi connectivity index (χ0v) is 16.4. The molecule has 2 aromatic rings. The number of anilines is 1. The number of carboxylic acids is 1. The average molecular weight is 379 g/mol. The number of aromatic hydroxyl groups is 1. The van der Waals surface area contributed by atoms with Gasteiger partial charge in [0.1, 0.15) is 18.1 Å². The first-order chi connectivity index (χ1) is 11.3. The van der Waals surface area contributed by atoms with Gasteiger partial charge >= 0.3 is 57.6 Å². The molecule has 0 aliphatic rings. The Morgan fingerprint density at radius 2 is 1.80 bits per heavy atom. The van der Waals surface area contributed by atoms with E-state index in [-0.39, 0.29) is 75.8 Å². The molecule has 0 aliphatic carbocycles. The van der Waals surface area contributed by atoms with E-state index in [9.17, 15) is 28.2 Å². The maximum Gasteiger partial charge on any atom is 1.00 e. The van der Waals surface area contributed by atoms with Crippen molar-refractivity contribution >= 4 is 11.7 Å². The number of hydrogen-bond acceptors (Lipinski definition) is 5. The molecule has 2 rings (SSSR count). The van der Waals surface area contributed by atoms with Gasteiger partial charge in [-0.3, -0.25) is 0 Å². The van der Waals surface area contributed by atoms with Gasteiger partial charge in [0.2, 0.25) is 0 Å². The van der Waals surface area contributed by atoms with Crippen molar-refractivity contribution in [2.45, 2.75) is 6.18 Å². The van der Waals surface area contributed by atoms with Crippen LogP contribution in [0.4, 0.5) is 18.9 Å². The summed E-state index contributed by atoms with van der Waals surface area (Å²) in [7, 11) is 0. The van der Waals surface area contributed by atoms with Crippen LogP contribution < -0.4 is 66.5 Å². The quantitative estimate of drug-likeness (QED) is 0.393. The van der Waals surface area contributed by atoms with Crippen LogP contribution in [0.25, 0.3) is 0 Å². The number of phenols is 1. The zero-order chi connectivity index (χ0) is 17.7. The average Bonchev–Trinajstić information content (AvgIpc) is 2.52. The Morgan fingerprint density at radius 1 is 1.16 bits per heavy atom. The minimum absolute atomic E-state index is 0. The Kier molecular flexibility index (Phi) is 8.22. The molecule has 5 nitrogen and oxygen atoms in total. The number of carboxylic acid groups (broad SMARTS) is 1. The number of alkyl halides is 3. The number of rotatable bonds is 6. The number of benzene rings is 2. The van der Waals surface area contributed by atoms with Crippen LogP contribution in [0.1, 0.15) is 15.9 Å². The summed E-state index contributed by atoms with van der Waals surface area (Å²) in [5.41, 5.74) is -0.668. The number of halogens is 3. The molecule has 0 aromatic heterocycles. The van der Waals surface area contributed by atoms with Gasteiger partial charge in [-0.15, -0.1) is 0 Å². The number of nitrogens with one attached hydrogen (secondary N) is 1. The molecular weight excluding hydrogens is 366 g/mol. The predicted octanol–water partition coefficient (Wildman–Crippen LogP) is -0.731. The Morgan fingerprint density at radius 3 is 2.36 bits per heavy atom. The smallest absolute Gasteiger partial charge is 0.545 e. The molecule has 0 aliphatic heterocycles. The third-order valence-electron chi connectivity index (χ3n) is 3.10.